The van der Waals surface area contributed by atoms with Crippen LogP contribution in [0.15, 0.2) is 0 Å². The average Bonchev–Trinajstić information content (AvgIpc) is 1.83. The van der Waals surface area contributed by atoms with Crippen LogP contribution in [0.5, 0.6) is 0 Å². The molecule has 0 saturated carbocycles. The van der Waals surface area contributed by atoms with E-state index in [4.69, 9.17) is 10.2 Å². The highest BCUT2D eigenvalue weighted by Gasteiger charge is 2.13. The van der Waals surface area contributed by atoms with Crippen LogP contribution in [-0.4, -0.2) is 33.5 Å². The average molecular weight is 178 g/mol. The smallest absolute Gasteiger partial charge is 0.425 e. The minimum atomic E-state index is -1.62. The van der Waals surface area contributed by atoms with Crippen molar-refractivity contribution in [1.82, 2.24) is 16.0 Å². The van der Waals surface area contributed by atoms with Crippen LogP contribution < -0.4 is 16.6 Å². The predicted molar refractivity (Wildman–Crippen MR) is 33.7 cm³/mol. The van der Waals surface area contributed by atoms with E-state index in [0.717, 1.165) is 0 Å². The summed E-state index contributed by atoms with van der Waals surface area (Å²) in [7, 11) is 0. The summed E-state index contributed by atoms with van der Waals surface area (Å²) in [4.78, 5) is 30.1. The van der Waals surface area contributed by atoms with Gasteiger partial charge in [0.15, 0.2) is 0 Å². The molecule has 4 amide bonds. The Morgan fingerprint density at radius 1 is 1.08 bits per heavy atom. The van der Waals surface area contributed by atoms with E-state index < -0.39 is 18.2 Å². The Morgan fingerprint density at radius 3 is 1.58 bits per heavy atom. The van der Waals surface area contributed by atoms with Crippen LogP contribution in [0.25, 0.3) is 0 Å². The van der Waals surface area contributed by atoms with Gasteiger partial charge in [0.05, 0.1) is 0 Å². The van der Waals surface area contributed by atoms with Crippen LogP contribution in [0.3, 0.4) is 0 Å². The molecule has 0 fully saturated rings. The zero-order chi connectivity index (χ0) is 9.72. The molecule has 0 aliphatic heterocycles. The van der Waals surface area contributed by atoms with E-state index in [-0.39, 0.29) is 5.12 Å². The van der Waals surface area contributed by atoms with Gasteiger partial charge in [-0.05, 0) is 0 Å². The van der Waals surface area contributed by atoms with Crippen molar-refractivity contribution in [3.8, 4) is 0 Å². The molecule has 0 aliphatic rings. The van der Waals surface area contributed by atoms with E-state index in [9.17, 15) is 14.4 Å². The highest BCUT2D eigenvalue weighted by Crippen LogP contribution is 1.75. The molecule has 9 nitrogen and oxygen atoms in total. The fourth-order valence-electron chi connectivity index (χ4n) is 0.329. The SMILES string of the molecule is NC(=O)N(NC(=O)O)NC(=O)O. The normalized spacial score (nSPS) is 8.33. The maximum absolute atomic E-state index is 10.3. The fourth-order valence-corrected chi connectivity index (χ4v) is 0.329. The number of hydrogen-bond acceptors (Lipinski definition) is 3. The van der Waals surface area contributed by atoms with Gasteiger partial charge in [-0.2, -0.15) is 0 Å². The maximum Gasteiger partial charge on any atom is 0.425 e. The molecule has 0 aromatic carbocycles. The van der Waals surface area contributed by atoms with Gasteiger partial charge in [-0.25, -0.2) is 25.2 Å². The lowest BCUT2D eigenvalue weighted by Crippen LogP contribution is -2.57. The van der Waals surface area contributed by atoms with Gasteiger partial charge in [0.1, 0.15) is 0 Å². The first-order valence-electron chi connectivity index (χ1n) is 2.52. The molecule has 0 radical (unpaired) electrons. The number of urea groups is 1. The number of primary amides is 1. The number of rotatable bonds is 0. The molecule has 0 aliphatic carbocycles. The number of hydrazine groups is 2. The minimum absolute atomic E-state index is 0.00463. The second kappa shape index (κ2) is 3.85. The van der Waals surface area contributed by atoms with Crippen molar-refractivity contribution >= 4 is 18.2 Å². The number of hydrogen-bond donors (Lipinski definition) is 5. The highest BCUT2D eigenvalue weighted by atomic mass is 16.4. The van der Waals surface area contributed by atoms with Crippen LogP contribution in [0.4, 0.5) is 14.4 Å². The third-order valence-corrected chi connectivity index (χ3v) is 0.635. The zero-order valence-electron chi connectivity index (χ0n) is 5.64. The molecule has 0 spiro atoms. The Kier molecular flexibility index (Phi) is 3.15. The summed E-state index contributed by atoms with van der Waals surface area (Å²) in [6.07, 6.45) is -3.25. The fraction of sp³-hybridized carbons (Fsp3) is 0. The van der Waals surface area contributed by atoms with Crippen molar-refractivity contribution in [1.29, 1.82) is 0 Å². The summed E-state index contributed by atoms with van der Waals surface area (Å²) in [6.45, 7) is 0. The molecule has 12 heavy (non-hydrogen) atoms. The standard InChI is InChI=1S/C3H6N4O5/c4-1(8)7(5-2(9)10)6-3(11)12/h5-6H,(H2,4,8)(H,9,10)(H,11,12). The minimum Gasteiger partial charge on any atom is -0.464 e. The molecule has 0 atom stereocenters. The number of carboxylic acid groups (broad SMARTS) is 2. The summed E-state index contributed by atoms with van der Waals surface area (Å²) >= 11 is 0. The first kappa shape index (κ1) is 9.81. The molecule has 0 saturated heterocycles. The quantitative estimate of drug-likeness (QED) is 0.293. The maximum atomic E-state index is 10.3. The van der Waals surface area contributed by atoms with Crippen molar-refractivity contribution < 1.29 is 24.6 Å². The Hall–Kier alpha value is -2.19. The van der Waals surface area contributed by atoms with E-state index in [2.05, 4.69) is 5.73 Å². The van der Waals surface area contributed by atoms with Gasteiger partial charge in [-0.15, -0.1) is 5.12 Å². The summed E-state index contributed by atoms with van der Waals surface area (Å²) in [5, 5.41) is 16.1. The molecular formula is C3H6N4O5. The number of carbonyl (C=O) groups is 3. The van der Waals surface area contributed by atoms with Crippen LogP contribution in [0.1, 0.15) is 0 Å². The van der Waals surface area contributed by atoms with Crippen molar-refractivity contribution in [3.05, 3.63) is 0 Å². The van der Waals surface area contributed by atoms with E-state index >= 15 is 0 Å². The molecule has 68 valence electrons. The number of carbonyl (C=O) groups excluding carboxylic acids is 1. The van der Waals surface area contributed by atoms with E-state index in [0.29, 0.717) is 0 Å². The van der Waals surface area contributed by atoms with Crippen molar-refractivity contribution in [3.63, 3.8) is 0 Å². The Morgan fingerprint density at radius 2 is 1.42 bits per heavy atom. The summed E-state index contributed by atoms with van der Waals surface area (Å²) < 4.78 is 0. The van der Waals surface area contributed by atoms with Gasteiger partial charge in [-0.1, -0.05) is 0 Å². The van der Waals surface area contributed by atoms with Gasteiger partial charge in [0, 0.05) is 0 Å². The van der Waals surface area contributed by atoms with E-state index in [1.807, 2.05) is 0 Å². The van der Waals surface area contributed by atoms with Gasteiger partial charge in [-0.3, -0.25) is 0 Å². The number of nitrogens with one attached hydrogen (secondary N) is 2. The molecule has 0 aromatic rings. The monoisotopic (exact) mass is 178 g/mol. The molecule has 0 rings (SSSR count). The summed E-state index contributed by atoms with van der Waals surface area (Å²) in [5.74, 6) is 0. The summed E-state index contributed by atoms with van der Waals surface area (Å²) in [6, 6.07) is -1.29. The first-order chi connectivity index (χ1) is 5.43. The molecule has 0 aromatic heterocycles. The Bertz CT molecular complexity index is 199. The van der Waals surface area contributed by atoms with Crippen LogP contribution in [-0.2, 0) is 0 Å². The molecule has 0 heterocycles. The summed E-state index contributed by atoms with van der Waals surface area (Å²) in [5.41, 5.74) is 7.36. The highest BCUT2D eigenvalue weighted by molar-refractivity contribution is 5.78. The number of nitrogens with two attached hydrogens (primary N) is 1. The lowest BCUT2D eigenvalue weighted by atomic mass is 11.0. The van der Waals surface area contributed by atoms with Gasteiger partial charge < -0.3 is 15.9 Å². The number of nitrogens with zero attached hydrogens (tertiary/aromatic N) is 1. The topological polar surface area (TPSA) is 145 Å². The van der Waals surface area contributed by atoms with Crippen LogP contribution >= 0.6 is 0 Å². The Labute approximate surface area is 65.7 Å². The van der Waals surface area contributed by atoms with Crippen LogP contribution in [0.2, 0.25) is 0 Å². The van der Waals surface area contributed by atoms with Crippen LogP contribution in [0, 0.1) is 0 Å². The largest absolute Gasteiger partial charge is 0.464 e. The first-order valence-corrected chi connectivity index (χ1v) is 2.52. The number of amides is 4. The van der Waals surface area contributed by atoms with Gasteiger partial charge in [0.2, 0.25) is 0 Å². The van der Waals surface area contributed by atoms with Crippen molar-refractivity contribution in [2.75, 3.05) is 0 Å². The second-order valence-electron chi connectivity index (χ2n) is 1.51. The zero-order valence-corrected chi connectivity index (χ0v) is 5.64. The van der Waals surface area contributed by atoms with E-state index in [1.165, 1.54) is 10.9 Å². The lowest BCUT2D eigenvalue weighted by molar-refractivity contribution is 0.110. The van der Waals surface area contributed by atoms with Gasteiger partial charge in [0.25, 0.3) is 0 Å². The molecule has 9 heteroatoms. The Balaban J connectivity index is 4.14. The van der Waals surface area contributed by atoms with Gasteiger partial charge >= 0.3 is 18.2 Å². The molecule has 6 N–H and O–H groups in total. The third kappa shape index (κ3) is 3.76. The predicted octanol–water partition coefficient (Wildman–Crippen LogP) is -1.27. The van der Waals surface area contributed by atoms with E-state index in [1.54, 1.807) is 0 Å². The molecular weight excluding hydrogens is 172 g/mol. The second-order valence-corrected chi connectivity index (χ2v) is 1.51. The van der Waals surface area contributed by atoms with Crippen molar-refractivity contribution in [2.45, 2.75) is 0 Å². The third-order valence-electron chi connectivity index (χ3n) is 0.635. The molecule has 0 bridgehead atoms. The molecule has 0 unspecified atom stereocenters. The lowest BCUT2D eigenvalue weighted by Gasteiger charge is -2.16. The van der Waals surface area contributed by atoms with Crippen molar-refractivity contribution in [2.24, 2.45) is 5.73 Å².